The third-order valence-electron chi connectivity index (χ3n) is 2.80. The van der Waals surface area contributed by atoms with Gasteiger partial charge in [0.2, 0.25) is 0 Å². The highest BCUT2D eigenvalue weighted by Gasteiger charge is 2.14. The molecule has 0 spiro atoms. The highest BCUT2D eigenvalue weighted by molar-refractivity contribution is 5.77. The van der Waals surface area contributed by atoms with Gasteiger partial charge in [-0.15, -0.1) is 0 Å². The van der Waals surface area contributed by atoms with Crippen molar-refractivity contribution in [3.63, 3.8) is 0 Å². The second-order valence-electron chi connectivity index (χ2n) is 4.19. The number of aromatic hydroxyl groups is 1. The van der Waals surface area contributed by atoms with Gasteiger partial charge in [0.25, 0.3) is 0 Å². The molecule has 1 aliphatic rings. The number of aromatic nitrogens is 1. The zero-order valence-corrected chi connectivity index (χ0v) is 10.2. The molecule has 0 saturated carbocycles. The van der Waals surface area contributed by atoms with Crippen LogP contribution in [0.15, 0.2) is 23.3 Å². The first-order chi connectivity index (χ1) is 8.75. The molecule has 4 N–H and O–H groups in total. The van der Waals surface area contributed by atoms with E-state index in [4.69, 9.17) is 10.5 Å². The number of ether oxygens (including phenoxy) is 1. The molecule has 0 bridgehead atoms. The highest BCUT2D eigenvalue weighted by atomic mass is 16.5. The lowest BCUT2D eigenvalue weighted by Gasteiger charge is -2.11. The first-order valence-electron chi connectivity index (χ1n) is 6.04. The first-order valence-corrected chi connectivity index (χ1v) is 6.04. The molecule has 2 rings (SSSR count). The van der Waals surface area contributed by atoms with E-state index >= 15 is 0 Å². The smallest absolute Gasteiger partial charge is 0.189 e. The van der Waals surface area contributed by atoms with Crippen LogP contribution in [-0.2, 0) is 11.3 Å². The summed E-state index contributed by atoms with van der Waals surface area (Å²) in [6, 6.07) is 3.25. The average molecular weight is 250 g/mol. The molecule has 2 heterocycles. The summed E-state index contributed by atoms with van der Waals surface area (Å²) in [7, 11) is 0. The lowest BCUT2D eigenvalue weighted by molar-refractivity contribution is 0.114. The van der Waals surface area contributed by atoms with Crippen LogP contribution in [0.2, 0.25) is 0 Å². The molecule has 1 atom stereocenters. The van der Waals surface area contributed by atoms with E-state index < -0.39 is 0 Å². The number of hydrogen-bond acceptors (Lipinski definition) is 4. The third kappa shape index (κ3) is 3.59. The van der Waals surface area contributed by atoms with Crippen molar-refractivity contribution >= 4 is 5.96 Å². The number of nitrogens with zero attached hydrogens (tertiary/aromatic N) is 2. The number of guanidine groups is 1. The van der Waals surface area contributed by atoms with E-state index in [1.54, 1.807) is 18.3 Å². The Labute approximate surface area is 106 Å². The van der Waals surface area contributed by atoms with Crippen molar-refractivity contribution in [2.45, 2.75) is 25.5 Å². The van der Waals surface area contributed by atoms with Crippen molar-refractivity contribution in [1.29, 1.82) is 0 Å². The minimum absolute atomic E-state index is 0.133. The summed E-state index contributed by atoms with van der Waals surface area (Å²) in [5.41, 5.74) is 6.24. The lowest BCUT2D eigenvalue weighted by atomic mass is 10.2. The van der Waals surface area contributed by atoms with Gasteiger partial charge in [-0.1, -0.05) is 0 Å². The molecule has 18 heavy (non-hydrogen) atoms. The predicted octanol–water partition coefficient (Wildman–Crippen LogP) is 0.370. The predicted molar refractivity (Wildman–Crippen MR) is 68.2 cm³/mol. The second kappa shape index (κ2) is 6.20. The largest absolute Gasteiger partial charge is 0.506 e. The fraction of sp³-hybridized carbons (Fsp3) is 0.500. The Bertz CT molecular complexity index is 416. The van der Waals surface area contributed by atoms with Crippen molar-refractivity contribution in [2.75, 3.05) is 13.2 Å². The molecule has 1 saturated heterocycles. The number of nitrogens with one attached hydrogen (secondary N) is 1. The molecule has 1 aromatic heterocycles. The number of pyridine rings is 1. The standard InChI is InChI=1S/C12H18N4O2/c13-12(15-7-9-3-2-6-18-9)16-8-10-11(17)4-1-5-14-10/h1,4-5,9,17H,2-3,6-8H2,(H3,13,15,16). The van der Waals surface area contributed by atoms with Gasteiger partial charge >= 0.3 is 0 Å². The maximum absolute atomic E-state index is 9.51. The van der Waals surface area contributed by atoms with Gasteiger partial charge in [-0.3, -0.25) is 4.98 Å². The first kappa shape index (κ1) is 12.6. The SMILES string of the molecule is NC(=NCc1ncccc1O)NCC1CCCO1. The van der Waals surface area contributed by atoms with Crippen molar-refractivity contribution in [3.05, 3.63) is 24.0 Å². The summed E-state index contributed by atoms with van der Waals surface area (Å²) in [6.07, 6.45) is 3.99. The third-order valence-corrected chi connectivity index (χ3v) is 2.80. The molecule has 0 aliphatic carbocycles. The van der Waals surface area contributed by atoms with Gasteiger partial charge in [-0.2, -0.15) is 0 Å². The molecule has 1 fully saturated rings. The number of hydrogen-bond donors (Lipinski definition) is 3. The van der Waals surface area contributed by atoms with E-state index in [1.165, 1.54) is 0 Å². The Hall–Kier alpha value is -1.82. The molecule has 0 radical (unpaired) electrons. The van der Waals surface area contributed by atoms with Gasteiger partial charge in [0, 0.05) is 19.3 Å². The number of rotatable bonds is 4. The lowest BCUT2D eigenvalue weighted by Crippen LogP contribution is -2.37. The normalized spacial score (nSPS) is 20.0. The summed E-state index contributed by atoms with van der Waals surface area (Å²) in [5.74, 6) is 0.476. The molecule has 1 unspecified atom stereocenters. The van der Waals surface area contributed by atoms with Gasteiger partial charge in [-0.25, -0.2) is 4.99 Å². The summed E-state index contributed by atoms with van der Waals surface area (Å²) >= 11 is 0. The Balaban J connectivity index is 1.79. The fourth-order valence-electron chi connectivity index (χ4n) is 1.79. The molecule has 6 nitrogen and oxygen atoms in total. The van der Waals surface area contributed by atoms with Gasteiger partial charge < -0.3 is 20.9 Å². The zero-order valence-electron chi connectivity index (χ0n) is 10.2. The van der Waals surface area contributed by atoms with Gasteiger partial charge in [-0.05, 0) is 25.0 Å². The minimum atomic E-state index is 0.133. The van der Waals surface area contributed by atoms with Crippen LogP contribution < -0.4 is 11.1 Å². The van der Waals surface area contributed by atoms with E-state index in [0.29, 0.717) is 18.2 Å². The van der Waals surface area contributed by atoms with Crippen molar-refractivity contribution in [1.82, 2.24) is 10.3 Å². The molecule has 6 heteroatoms. The Morgan fingerprint density at radius 2 is 2.56 bits per heavy atom. The van der Waals surface area contributed by atoms with Crippen LogP contribution in [0.3, 0.4) is 0 Å². The molecular formula is C12H18N4O2. The van der Waals surface area contributed by atoms with Crippen LogP contribution in [-0.4, -0.2) is 35.3 Å². The monoisotopic (exact) mass is 250 g/mol. The fourth-order valence-corrected chi connectivity index (χ4v) is 1.79. The summed E-state index contributed by atoms with van der Waals surface area (Å²) in [6.45, 7) is 1.76. The second-order valence-corrected chi connectivity index (χ2v) is 4.19. The van der Waals surface area contributed by atoms with Crippen LogP contribution in [0.25, 0.3) is 0 Å². The van der Waals surface area contributed by atoms with Crippen molar-refractivity contribution in [2.24, 2.45) is 10.7 Å². The van der Waals surface area contributed by atoms with Crippen LogP contribution in [0, 0.1) is 0 Å². The highest BCUT2D eigenvalue weighted by Crippen LogP contribution is 2.13. The molecular weight excluding hydrogens is 232 g/mol. The van der Waals surface area contributed by atoms with Crippen LogP contribution in [0.4, 0.5) is 0 Å². The Morgan fingerprint density at radius 1 is 1.67 bits per heavy atom. The summed E-state index contributed by atoms with van der Waals surface area (Å²) in [4.78, 5) is 8.14. The summed E-state index contributed by atoms with van der Waals surface area (Å²) in [5, 5.41) is 12.5. The Morgan fingerprint density at radius 3 is 3.28 bits per heavy atom. The van der Waals surface area contributed by atoms with Gasteiger partial charge in [0.15, 0.2) is 5.96 Å². The molecule has 98 valence electrons. The molecule has 0 amide bonds. The average Bonchev–Trinajstić information content (AvgIpc) is 2.88. The van der Waals surface area contributed by atoms with Crippen molar-refractivity contribution < 1.29 is 9.84 Å². The maximum atomic E-state index is 9.51. The molecule has 1 aromatic rings. The quantitative estimate of drug-likeness (QED) is 0.530. The van der Waals surface area contributed by atoms with E-state index in [0.717, 1.165) is 19.4 Å². The van der Waals surface area contributed by atoms with E-state index in [-0.39, 0.29) is 18.4 Å². The van der Waals surface area contributed by atoms with E-state index in [2.05, 4.69) is 15.3 Å². The van der Waals surface area contributed by atoms with Crippen LogP contribution >= 0.6 is 0 Å². The Kier molecular flexibility index (Phi) is 4.35. The topological polar surface area (TPSA) is 92.8 Å². The van der Waals surface area contributed by atoms with Gasteiger partial charge in [0.1, 0.15) is 11.4 Å². The van der Waals surface area contributed by atoms with E-state index in [9.17, 15) is 5.11 Å². The molecule has 0 aromatic carbocycles. The molecule has 1 aliphatic heterocycles. The van der Waals surface area contributed by atoms with Crippen LogP contribution in [0.1, 0.15) is 18.5 Å². The minimum Gasteiger partial charge on any atom is -0.506 e. The van der Waals surface area contributed by atoms with Crippen LogP contribution in [0.5, 0.6) is 5.75 Å². The van der Waals surface area contributed by atoms with E-state index in [1.807, 2.05) is 0 Å². The zero-order chi connectivity index (χ0) is 12.8. The maximum Gasteiger partial charge on any atom is 0.189 e. The number of aliphatic imine (C=N–C) groups is 1. The van der Waals surface area contributed by atoms with Crippen molar-refractivity contribution in [3.8, 4) is 5.75 Å². The number of nitrogens with two attached hydrogens (primary N) is 1. The summed E-state index contributed by atoms with van der Waals surface area (Å²) < 4.78 is 5.46. The van der Waals surface area contributed by atoms with Gasteiger partial charge in [0.05, 0.1) is 12.6 Å².